The lowest BCUT2D eigenvalue weighted by molar-refractivity contribution is -0.363. The van der Waals surface area contributed by atoms with Crippen LogP contribution in [0.3, 0.4) is 0 Å². The molecule has 4 saturated carbocycles. The third kappa shape index (κ3) is 4.13. The molecule has 0 aromatic heterocycles. The number of carbonyl (C=O) groups excluding carboxylic acids is 2. The topological polar surface area (TPSA) is 116 Å². The molecule has 0 heterocycles. The molecule has 0 radical (unpaired) electrons. The molecule has 1 atom stereocenters. The molecule has 0 saturated heterocycles. The molecule has 1 N–H and O–H groups in total. The zero-order valence-electron chi connectivity index (χ0n) is 16.3. The van der Waals surface area contributed by atoms with Crippen molar-refractivity contribution in [3.05, 3.63) is 0 Å². The first kappa shape index (κ1) is 24.1. The summed E-state index contributed by atoms with van der Waals surface area (Å²) in [4.78, 5) is 24.9. The van der Waals surface area contributed by atoms with Crippen LogP contribution < -0.4 is 0 Å². The van der Waals surface area contributed by atoms with E-state index in [0.29, 0.717) is 7.11 Å². The highest BCUT2D eigenvalue weighted by molar-refractivity contribution is 7.86. The first-order chi connectivity index (χ1) is 14.1. The fourth-order valence-electron chi connectivity index (χ4n) is 5.38. The van der Waals surface area contributed by atoms with Crippen LogP contribution in [0.15, 0.2) is 0 Å². The van der Waals surface area contributed by atoms with Crippen LogP contribution in [0.4, 0.5) is 22.0 Å². The zero-order chi connectivity index (χ0) is 23.5. The summed E-state index contributed by atoms with van der Waals surface area (Å²) in [5, 5.41) is -5.22. The van der Waals surface area contributed by atoms with E-state index in [1.54, 1.807) is 0 Å². The molecule has 0 aromatic rings. The molecule has 1 unspecified atom stereocenters. The lowest BCUT2D eigenvalue weighted by Gasteiger charge is -2.55. The highest BCUT2D eigenvalue weighted by Gasteiger charge is 2.70. The molecule has 8 nitrogen and oxygen atoms in total. The van der Waals surface area contributed by atoms with Gasteiger partial charge in [0.15, 0.2) is 0 Å². The molecule has 0 aliphatic heterocycles. The number of ether oxygens (including phenoxy) is 3. The summed E-state index contributed by atoms with van der Waals surface area (Å²) in [7, 11) is -5.71. The third-order valence-electron chi connectivity index (χ3n) is 6.36. The molecule has 0 aromatic carbocycles. The van der Waals surface area contributed by atoms with Gasteiger partial charge in [0.2, 0.25) is 0 Å². The maximum Gasteiger partial charge on any atom is 0.468 e. The van der Waals surface area contributed by atoms with Gasteiger partial charge in [0.05, 0.1) is 12.5 Å². The number of hydrogen-bond acceptors (Lipinski definition) is 7. The monoisotopic (exact) mass is 480 g/mol. The Hall–Kier alpha value is -1.54. The Morgan fingerprint density at radius 2 is 1.45 bits per heavy atom. The van der Waals surface area contributed by atoms with Gasteiger partial charge in [-0.05, 0) is 56.3 Å². The van der Waals surface area contributed by atoms with Crippen LogP contribution in [0.5, 0.6) is 0 Å². The Balaban J connectivity index is 1.93. The molecule has 31 heavy (non-hydrogen) atoms. The van der Waals surface area contributed by atoms with E-state index >= 15 is 0 Å². The number of rotatable bonds is 7. The van der Waals surface area contributed by atoms with Gasteiger partial charge in [-0.3, -0.25) is 9.35 Å². The summed E-state index contributed by atoms with van der Waals surface area (Å²) in [5.41, 5.74) is -1.33. The normalized spacial score (nSPS) is 32.4. The quantitative estimate of drug-likeness (QED) is 0.256. The highest BCUT2D eigenvalue weighted by Crippen LogP contribution is 2.61. The lowest BCUT2D eigenvalue weighted by Crippen LogP contribution is -2.62. The fourth-order valence-corrected chi connectivity index (χ4v) is 5.59. The molecule has 4 bridgehead atoms. The van der Waals surface area contributed by atoms with E-state index in [1.807, 2.05) is 0 Å². The molecule has 4 aliphatic carbocycles. The maximum atomic E-state index is 13.9. The molecule has 0 spiro atoms. The Kier molecular flexibility index (Phi) is 5.84. The van der Waals surface area contributed by atoms with E-state index in [2.05, 4.69) is 14.2 Å². The van der Waals surface area contributed by atoms with Crippen molar-refractivity contribution in [3.8, 4) is 0 Å². The van der Waals surface area contributed by atoms with Gasteiger partial charge in [-0.1, -0.05) is 0 Å². The fraction of sp³-hybridized carbons (Fsp3) is 0.882. The minimum Gasteiger partial charge on any atom is -0.464 e. The second kappa shape index (κ2) is 7.51. The standard InChI is InChI=1S/C17H21F5O8S/c1-28-13(24)16(17(20,21)22,29-8-15(18,19)31(25,26)27)30-12(23)14-5-9-2-10(6-14)4-11(3-9)7-14/h9-11H,2-8H2,1H3,(H,25,26,27). The number of carbonyl (C=O) groups is 2. The van der Waals surface area contributed by atoms with Crippen LogP contribution >= 0.6 is 0 Å². The molecule has 4 fully saturated rings. The van der Waals surface area contributed by atoms with Crippen molar-refractivity contribution in [1.82, 2.24) is 0 Å². The van der Waals surface area contributed by atoms with Crippen LogP contribution in [0.1, 0.15) is 38.5 Å². The van der Waals surface area contributed by atoms with Gasteiger partial charge in [-0.15, -0.1) is 0 Å². The van der Waals surface area contributed by atoms with Crippen molar-refractivity contribution in [2.45, 2.75) is 55.7 Å². The predicted molar refractivity (Wildman–Crippen MR) is 89.9 cm³/mol. The van der Waals surface area contributed by atoms with E-state index in [1.165, 1.54) is 0 Å². The van der Waals surface area contributed by atoms with Gasteiger partial charge in [-0.25, -0.2) is 4.79 Å². The van der Waals surface area contributed by atoms with E-state index in [4.69, 9.17) is 4.55 Å². The third-order valence-corrected chi connectivity index (χ3v) is 7.23. The minimum atomic E-state index is -6.19. The summed E-state index contributed by atoms with van der Waals surface area (Å²) in [6.07, 6.45) is -2.73. The van der Waals surface area contributed by atoms with Crippen molar-refractivity contribution < 1.29 is 58.7 Å². The Labute approximate surface area is 174 Å². The SMILES string of the molecule is COC(=O)C(OCC(F)(F)S(=O)(=O)O)(OC(=O)C12CC3CC(CC(C3)C1)C2)C(F)(F)F. The summed E-state index contributed by atoms with van der Waals surface area (Å²) >= 11 is 0. The van der Waals surface area contributed by atoms with Crippen molar-refractivity contribution in [3.63, 3.8) is 0 Å². The molecular formula is C17H21F5O8S. The van der Waals surface area contributed by atoms with E-state index in [9.17, 15) is 40.0 Å². The number of esters is 2. The first-order valence-electron chi connectivity index (χ1n) is 9.43. The Morgan fingerprint density at radius 1 is 1.00 bits per heavy atom. The van der Waals surface area contributed by atoms with Crippen LogP contribution in [0.2, 0.25) is 0 Å². The summed E-state index contributed by atoms with van der Waals surface area (Å²) in [6.45, 7) is -2.62. The molecule has 4 rings (SSSR count). The van der Waals surface area contributed by atoms with Gasteiger partial charge in [0.25, 0.3) is 0 Å². The molecule has 178 valence electrons. The van der Waals surface area contributed by atoms with Crippen molar-refractivity contribution in [1.29, 1.82) is 0 Å². The van der Waals surface area contributed by atoms with E-state index < -0.39 is 51.3 Å². The Morgan fingerprint density at radius 3 is 1.81 bits per heavy atom. The van der Waals surface area contributed by atoms with Gasteiger partial charge in [0.1, 0.15) is 6.61 Å². The van der Waals surface area contributed by atoms with Crippen molar-refractivity contribution in [2.75, 3.05) is 13.7 Å². The molecule has 4 aliphatic rings. The number of halogens is 5. The second-order valence-electron chi connectivity index (χ2n) is 8.59. The average molecular weight is 480 g/mol. The van der Waals surface area contributed by atoms with Crippen LogP contribution in [0, 0.1) is 23.2 Å². The smallest absolute Gasteiger partial charge is 0.464 e. The van der Waals surface area contributed by atoms with Crippen molar-refractivity contribution in [2.24, 2.45) is 23.2 Å². The number of alkyl halides is 5. The highest BCUT2D eigenvalue weighted by atomic mass is 32.2. The van der Waals surface area contributed by atoms with Gasteiger partial charge >= 0.3 is 39.3 Å². The van der Waals surface area contributed by atoms with E-state index in [0.717, 1.165) is 19.3 Å². The maximum absolute atomic E-state index is 13.9. The molecule has 0 amide bonds. The van der Waals surface area contributed by atoms with Crippen molar-refractivity contribution >= 4 is 22.1 Å². The summed E-state index contributed by atoms with van der Waals surface area (Å²) in [5.74, 6) is -8.14. The Bertz CT molecular complexity index is 820. The van der Waals surface area contributed by atoms with Gasteiger partial charge < -0.3 is 14.2 Å². The number of hydrogen-bond donors (Lipinski definition) is 1. The van der Waals surface area contributed by atoms with Crippen LogP contribution in [-0.4, -0.2) is 55.8 Å². The number of methoxy groups -OCH3 is 1. The van der Waals surface area contributed by atoms with Crippen LogP contribution in [0.25, 0.3) is 0 Å². The first-order valence-corrected chi connectivity index (χ1v) is 10.9. The average Bonchev–Trinajstić information content (AvgIpc) is 2.61. The lowest BCUT2D eigenvalue weighted by atomic mass is 9.49. The predicted octanol–water partition coefficient (Wildman–Crippen LogP) is 2.67. The summed E-state index contributed by atoms with van der Waals surface area (Å²) < 4.78 is 111. The summed E-state index contributed by atoms with van der Waals surface area (Å²) in [6, 6.07) is 0. The van der Waals surface area contributed by atoms with Gasteiger partial charge in [0, 0.05) is 0 Å². The second-order valence-corrected chi connectivity index (χ2v) is 10.1. The van der Waals surface area contributed by atoms with Crippen LogP contribution in [-0.2, 0) is 33.9 Å². The largest absolute Gasteiger partial charge is 0.468 e. The molecular weight excluding hydrogens is 459 g/mol. The minimum absolute atomic E-state index is 0.0991. The van der Waals surface area contributed by atoms with E-state index in [-0.39, 0.29) is 37.0 Å². The molecule has 14 heteroatoms. The zero-order valence-corrected chi connectivity index (χ0v) is 17.1. The van der Waals surface area contributed by atoms with Gasteiger partial charge in [-0.2, -0.15) is 30.4 Å².